The van der Waals surface area contributed by atoms with Crippen molar-refractivity contribution in [2.75, 3.05) is 3.82 Å². The second-order valence-electron chi connectivity index (χ2n) is 10.3. The number of hydrogen-bond acceptors (Lipinski definition) is 4. The van der Waals surface area contributed by atoms with Crippen molar-refractivity contribution in [2.45, 2.75) is 38.3 Å². The number of carbonyl (C=O) groups excluding carboxylic acids is 4. The van der Waals surface area contributed by atoms with Crippen LogP contribution in [0.4, 0.5) is 5.69 Å². The van der Waals surface area contributed by atoms with Gasteiger partial charge in [0.25, 0.3) is 0 Å². The van der Waals surface area contributed by atoms with Gasteiger partial charge >= 0.3 is 253 Å². The molecule has 212 valence electrons. The van der Waals surface area contributed by atoms with Crippen LogP contribution in [0.15, 0.2) is 109 Å². The Bertz CT molecular complexity index is 1610. The molecule has 0 aliphatic carbocycles. The molecule has 0 radical (unpaired) electrons. The van der Waals surface area contributed by atoms with Gasteiger partial charge in [0.1, 0.15) is 0 Å². The van der Waals surface area contributed by atoms with Gasteiger partial charge in [0.05, 0.1) is 0 Å². The second-order valence-corrected chi connectivity index (χ2v) is 12.7. The Morgan fingerprint density at radius 1 is 0.786 bits per heavy atom. The summed E-state index contributed by atoms with van der Waals surface area (Å²) in [4.78, 5) is 53.2. The fraction of sp³-hybridized carbons (Fsp3) is 0.176. The van der Waals surface area contributed by atoms with Crippen molar-refractivity contribution in [3.8, 4) is 11.1 Å². The van der Waals surface area contributed by atoms with E-state index < -0.39 is 34.0 Å². The fourth-order valence-corrected chi connectivity index (χ4v) is 7.42. The number of amides is 3. The van der Waals surface area contributed by atoms with Crippen molar-refractivity contribution in [1.29, 1.82) is 0 Å². The average Bonchev–Trinajstić information content (AvgIpc) is 3.11. The van der Waals surface area contributed by atoms with E-state index in [9.17, 15) is 19.2 Å². The first kappa shape index (κ1) is 29.0. The van der Waals surface area contributed by atoms with E-state index in [0.29, 0.717) is 5.56 Å². The van der Waals surface area contributed by atoms with E-state index in [4.69, 9.17) is 0 Å². The van der Waals surface area contributed by atoms with Crippen LogP contribution in [0.1, 0.15) is 53.7 Å². The van der Waals surface area contributed by atoms with Crippen LogP contribution >= 0.6 is 0 Å². The van der Waals surface area contributed by atoms with E-state index in [1.807, 2.05) is 91.9 Å². The summed E-state index contributed by atoms with van der Waals surface area (Å²) in [5, 5.41) is 5.77. The Morgan fingerprint density at radius 2 is 1.38 bits per heavy atom. The second kappa shape index (κ2) is 13.0. The van der Waals surface area contributed by atoms with E-state index in [2.05, 4.69) is 10.6 Å². The molecule has 7 nitrogen and oxygen atoms in total. The molecule has 8 heteroatoms. The number of nitrogens with one attached hydrogen (secondary N) is 2. The number of anilines is 1. The van der Waals surface area contributed by atoms with Gasteiger partial charge < -0.3 is 0 Å². The van der Waals surface area contributed by atoms with Gasteiger partial charge in [-0.15, -0.1) is 0 Å². The van der Waals surface area contributed by atoms with Gasteiger partial charge in [-0.3, -0.25) is 0 Å². The molecule has 4 aromatic rings. The molecule has 42 heavy (non-hydrogen) atoms. The van der Waals surface area contributed by atoms with Crippen LogP contribution < -0.4 is 14.5 Å². The van der Waals surface area contributed by atoms with Gasteiger partial charge in [-0.2, -0.15) is 0 Å². The Labute approximate surface area is 252 Å². The number of benzene rings is 4. The van der Waals surface area contributed by atoms with Gasteiger partial charge in [0, 0.05) is 0 Å². The first-order valence-corrected chi connectivity index (χ1v) is 15.8. The topological polar surface area (TPSA) is 95.6 Å². The van der Waals surface area contributed by atoms with E-state index >= 15 is 0 Å². The average molecular weight is 622 g/mol. The molecule has 0 bridgehead atoms. The van der Waals surface area contributed by atoms with Crippen molar-refractivity contribution in [3.63, 3.8) is 0 Å². The molecule has 4 aromatic carbocycles. The van der Waals surface area contributed by atoms with Crippen LogP contribution in [0.2, 0.25) is 0 Å². The SMILES string of the molecule is CC1C(=O)N([AsH]C(=O)[C@H](C)NC(=O)CC(NC(=O)c2ccccc2)c2ccccc2)c2ccccc2-c2ccccc21. The van der Waals surface area contributed by atoms with Crippen molar-refractivity contribution in [3.05, 3.63) is 126 Å². The third kappa shape index (κ3) is 6.37. The molecule has 0 fully saturated rings. The zero-order valence-electron chi connectivity index (χ0n) is 23.4. The summed E-state index contributed by atoms with van der Waals surface area (Å²) in [6, 6.07) is 32.2. The summed E-state index contributed by atoms with van der Waals surface area (Å²) in [7, 11) is 0. The maximum atomic E-state index is 13.7. The Morgan fingerprint density at radius 3 is 2.10 bits per heavy atom. The molecule has 3 unspecified atom stereocenters. The van der Waals surface area contributed by atoms with E-state index in [0.717, 1.165) is 27.9 Å². The van der Waals surface area contributed by atoms with Gasteiger partial charge in [-0.05, 0) is 0 Å². The number of fused-ring (bicyclic) bond motifs is 3. The van der Waals surface area contributed by atoms with Crippen molar-refractivity contribution in [2.24, 2.45) is 0 Å². The van der Waals surface area contributed by atoms with Crippen LogP contribution in [0.25, 0.3) is 11.1 Å². The summed E-state index contributed by atoms with van der Waals surface area (Å²) in [5.41, 5.74) is 4.83. The monoisotopic (exact) mass is 621 g/mol. The van der Waals surface area contributed by atoms with Gasteiger partial charge in [-0.1, -0.05) is 0 Å². The molecular formula is C34H32AsN3O4. The molecule has 1 heterocycles. The van der Waals surface area contributed by atoms with Crippen molar-refractivity contribution >= 4 is 44.0 Å². The molecule has 0 spiro atoms. The third-order valence-corrected chi connectivity index (χ3v) is 10.2. The predicted molar refractivity (Wildman–Crippen MR) is 165 cm³/mol. The van der Waals surface area contributed by atoms with Crippen LogP contribution in [-0.2, 0) is 14.4 Å². The molecule has 0 saturated heterocycles. The molecule has 4 atom stereocenters. The zero-order valence-corrected chi connectivity index (χ0v) is 25.5. The zero-order chi connectivity index (χ0) is 29.6. The first-order valence-electron chi connectivity index (χ1n) is 13.9. The van der Waals surface area contributed by atoms with Crippen molar-refractivity contribution in [1.82, 2.24) is 10.6 Å². The van der Waals surface area contributed by atoms with Crippen molar-refractivity contribution < 1.29 is 19.2 Å². The Kier molecular flexibility index (Phi) is 8.99. The molecule has 1 aliphatic rings. The summed E-state index contributed by atoms with van der Waals surface area (Å²) >= 11 is -1.63. The molecule has 3 amide bonds. The van der Waals surface area contributed by atoms with Gasteiger partial charge in [0.15, 0.2) is 0 Å². The number of rotatable bonds is 9. The Hall–Kier alpha value is -4.48. The summed E-state index contributed by atoms with van der Waals surface area (Å²) in [5.74, 6) is -1.18. The maximum absolute atomic E-state index is 13.7. The number of hydrogen-bond donors (Lipinski definition) is 2. The van der Waals surface area contributed by atoms with Crippen LogP contribution in [0.5, 0.6) is 0 Å². The third-order valence-electron chi connectivity index (χ3n) is 7.38. The minimum atomic E-state index is -1.63. The van der Waals surface area contributed by atoms with Gasteiger partial charge in [-0.25, -0.2) is 0 Å². The standard InChI is InChI=1S/C34H32AsN3O4/c1-22-26-17-9-10-18-27(26)28-19-11-12-20-30(28)38(34(22)42)35-32(40)23(2)36-31(39)21-29(24-13-5-3-6-14-24)37-33(41)25-15-7-4-8-16-25/h3-20,22-23,29,35H,21H2,1-2H3,(H,36,39)(H,37,41)/t22?,23-,29?/m0/s1. The predicted octanol–water partition coefficient (Wildman–Crippen LogP) is 4.75. The number of nitrogens with zero attached hydrogens (tertiary/aromatic N) is 1. The molecule has 0 saturated carbocycles. The normalized spacial score (nSPS) is 15.7. The van der Waals surface area contributed by atoms with Crippen LogP contribution in [-0.4, -0.2) is 44.3 Å². The first-order chi connectivity index (χ1) is 20.3. The van der Waals surface area contributed by atoms with Crippen LogP contribution in [0.3, 0.4) is 0 Å². The molecule has 2 N–H and O–H groups in total. The quantitative estimate of drug-likeness (QED) is 0.264. The summed E-state index contributed by atoms with van der Waals surface area (Å²) in [6.45, 7) is 3.52. The summed E-state index contributed by atoms with van der Waals surface area (Å²) in [6.07, 6.45) is -0.0436. The molecule has 1 aliphatic heterocycles. The summed E-state index contributed by atoms with van der Waals surface area (Å²) < 4.78 is 1.48. The van der Waals surface area contributed by atoms with E-state index in [1.54, 1.807) is 35.0 Å². The number of carbonyl (C=O) groups is 4. The molecule has 0 aromatic heterocycles. The van der Waals surface area contributed by atoms with Gasteiger partial charge in [0.2, 0.25) is 0 Å². The fourth-order valence-electron chi connectivity index (χ4n) is 5.10. The molecular weight excluding hydrogens is 589 g/mol. The van der Waals surface area contributed by atoms with Crippen LogP contribution in [0, 0.1) is 0 Å². The Balaban J connectivity index is 1.29. The van der Waals surface area contributed by atoms with E-state index in [1.165, 1.54) is 0 Å². The minimum absolute atomic E-state index is 0.0436. The van der Waals surface area contributed by atoms with E-state index in [-0.39, 0.29) is 28.7 Å². The molecule has 5 rings (SSSR count). The number of para-hydroxylation sites is 1.